The SMILES string of the molecule is CCCNC(C)C(C)(C)CN1CCC(COC)CC1. The average molecular weight is 270 g/mol. The van der Waals surface area contributed by atoms with Gasteiger partial charge in [-0.1, -0.05) is 20.8 Å². The fraction of sp³-hybridized carbons (Fsp3) is 1.00. The number of hydrogen-bond donors (Lipinski definition) is 1. The number of nitrogens with zero attached hydrogens (tertiary/aromatic N) is 1. The minimum absolute atomic E-state index is 0.337. The van der Waals surface area contributed by atoms with Crippen LogP contribution in [0.3, 0.4) is 0 Å². The number of ether oxygens (including phenoxy) is 1. The maximum absolute atomic E-state index is 5.27. The first-order chi connectivity index (χ1) is 8.99. The third kappa shape index (κ3) is 5.80. The first-order valence-corrected chi connectivity index (χ1v) is 7.94. The van der Waals surface area contributed by atoms with Crippen molar-refractivity contribution >= 4 is 0 Å². The molecule has 3 heteroatoms. The van der Waals surface area contributed by atoms with Crippen molar-refractivity contribution in [2.75, 3.05) is 39.9 Å². The quantitative estimate of drug-likeness (QED) is 0.734. The molecule has 1 fully saturated rings. The average Bonchev–Trinajstić information content (AvgIpc) is 2.38. The maximum Gasteiger partial charge on any atom is 0.0491 e. The van der Waals surface area contributed by atoms with Crippen molar-refractivity contribution in [3.63, 3.8) is 0 Å². The zero-order valence-corrected chi connectivity index (χ0v) is 13.7. The van der Waals surface area contributed by atoms with Crippen LogP contribution in [0.1, 0.15) is 47.0 Å². The molecule has 0 aromatic rings. The zero-order valence-electron chi connectivity index (χ0n) is 13.7. The highest BCUT2D eigenvalue weighted by Crippen LogP contribution is 2.25. The molecule has 1 heterocycles. The fourth-order valence-corrected chi connectivity index (χ4v) is 2.90. The Labute approximate surface area is 120 Å². The second-order valence-electron chi connectivity index (χ2n) is 6.84. The molecule has 0 amide bonds. The summed E-state index contributed by atoms with van der Waals surface area (Å²) < 4.78 is 5.27. The molecular formula is C16H34N2O. The lowest BCUT2D eigenvalue weighted by molar-refractivity contribution is 0.0726. The van der Waals surface area contributed by atoms with Gasteiger partial charge in [-0.3, -0.25) is 0 Å². The van der Waals surface area contributed by atoms with Gasteiger partial charge in [0.1, 0.15) is 0 Å². The predicted octanol–water partition coefficient (Wildman–Crippen LogP) is 2.76. The Morgan fingerprint density at radius 2 is 1.95 bits per heavy atom. The third-order valence-electron chi connectivity index (χ3n) is 4.61. The summed E-state index contributed by atoms with van der Waals surface area (Å²) in [6, 6.07) is 0.573. The van der Waals surface area contributed by atoms with E-state index in [0.717, 1.165) is 19.1 Å². The summed E-state index contributed by atoms with van der Waals surface area (Å²) in [4.78, 5) is 2.64. The van der Waals surface area contributed by atoms with E-state index in [1.54, 1.807) is 0 Å². The van der Waals surface area contributed by atoms with Crippen LogP contribution in [0.5, 0.6) is 0 Å². The van der Waals surface area contributed by atoms with Crippen LogP contribution >= 0.6 is 0 Å². The maximum atomic E-state index is 5.27. The van der Waals surface area contributed by atoms with Gasteiger partial charge in [-0.25, -0.2) is 0 Å². The van der Waals surface area contributed by atoms with Crippen molar-refractivity contribution in [1.29, 1.82) is 0 Å². The van der Waals surface area contributed by atoms with Crippen LogP contribution in [0, 0.1) is 11.3 Å². The molecule has 0 aliphatic carbocycles. The summed E-state index contributed by atoms with van der Waals surface area (Å²) in [7, 11) is 1.82. The molecule has 1 unspecified atom stereocenters. The van der Waals surface area contributed by atoms with Crippen LogP contribution in [0.15, 0.2) is 0 Å². The van der Waals surface area contributed by atoms with Crippen LogP contribution < -0.4 is 5.32 Å². The van der Waals surface area contributed by atoms with E-state index >= 15 is 0 Å². The number of likely N-dealkylation sites (tertiary alicyclic amines) is 1. The monoisotopic (exact) mass is 270 g/mol. The molecule has 0 spiro atoms. The van der Waals surface area contributed by atoms with Gasteiger partial charge in [0.25, 0.3) is 0 Å². The van der Waals surface area contributed by atoms with E-state index < -0.39 is 0 Å². The molecule has 1 rings (SSSR count). The lowest BCUT2D eigenvalue weighted by Gasteiger charge is -2.40. The van der Waals surface area contributed by atoms with Crippen molar-refractivity contribution in [3.8, 4) is 0 Å². The highest BCUT2D eigenvalue weighted by Gasteiger charge is 2.29. The molecule has 1 aliphatic rings. The highest BCUT2D eigenvalue weighted by molar-refractivity contribution is 4.85. The summed E-state index contributed by atoms with van der Waals surface area (Å²) in [6.45, 7) is 15.1. The minimum atomic E-state index is 0.337. The molecule has 1 saturated heterocycles. The number of methoxy groups -OCH3 is 1. The van der Waals surface area contributed by atoms with E-state index in [0.29, 0.717) is 11.5 Å². The molecule has 114 valence electrons. The summed E-state index contributed by atoms with van der Waals surface area (Å²) in [5, 5.41) is 3.64. The van der Waals surface area contributed by atoms with Gasteiger partial charge in [0, 0.05) is 26.3 Å². The van der Waals surface area contributed by atoms with Crippen LogP contribution in [0.25, 0.3) is 0 Å². The van der Waals surface area contributed by atoms with E-state index in [1.165, 1.54) is 38.9 Å². The van der Waals surface area contributed by atoms with E-state index in [4.69, 9.17) is 4.74 Å². The summed E-state index contributed by atoms with van der Waals surface area (Å²) in [5.74, 6) is 0.778. The number of hydrogen-bond acceptors (Lipinski definition) is 3. The fourth-order valence-electron chi connectivity index (χ4n) is 2.90. The van der Waals surface area contributed by atoms with Crippen LogP contribution in [0.4, 0.5) is 0 Å². The smallest absolute Gasteiger partial charge is 0.0491 e. The molecular weight excluding hydrogens is 236 g/mol. The molecule has 3 nitrogen and oxygen atoms in total. The normalized spacial score (nSPS) is 20.7. The van der Waals surface area contributed by atoms with E-state index in [9.17, 15) is 0 Å². The summed E-state index contributed by atoms with van der Waals surface area (Å²) >= 11 is 0. The first-order valence-electron chi connectivity index (χ1n) is 7.94. The van der Waals surface area contributed by atoms with Gasteiger partial charge in [0.15, 0.2) is 0 Å². The van der Waals surface area contributed by atoms with Crippen LogP contribution in [0.2, 0.25) is 0 Å². The number of rotatable bonds is 8. The zero-order chi connectivity index (χ0) is 14.3. The Bertz CT molecular complexity index is 235. The lowest BCUT2D eigenvalue weighted by Crippen LogP contribution is -2.48. The predicted molar refractivity (Wildman–Crippen MR) is 82.6 cm³/mol. The first kappa shape index (κ1) is 16.9. The van der Waals surface area contributed by atoms with Crippen molar-refractivity contribution in [2.24, 2.45) is 11.3 Å². The molecule has 0 radical (unpaired) electrons. The van der Waals surface area contributed by atoms with Gasteiger partial charge >= 0.3 is 0 Å². The van der Waals surface area contributed by atoms with Crippen LogP contribution in [-0.4, -0.2) is 50.8 Å². The van der Waals surface area contributed by atoms with Gasteiger partial charge in [-0.15, -0.1) is 0 Å². The molecule has 19 heavy (non-hydrogen) atoms. The largest absolute Gasteiger partial charge is 0.384 e. The van der Waals surface area contributed by atoms with Gasteiger partial charge < -0.3 is 15.0 Å². The van der Waals surface area contributed by atoms with Gasteiger partial charge in [-0.2, -0.15) is 0 Å². The lowest BCUT2D eigenvalue weighted by atomic mass is 9.83. The van der Waals surface area contributed by atoms with E-state index in [2.05, 4.69) is 37.9 Å². The Hall–Kier alpha value is -0.120. The highest BCUT2D eigenvalue weighted by atomic mass is 16.5. The second-order valence-corrected chi connectivity index (χ2v) is 6.84. The van der Waals surface area contributed by atoms with Crippen molar-refractivity contribution in [2.45, 2.75) is 53.0 Å². The Kier molecular flexibility index (Phi) is 7.33. The van der Waals surface area contributed by atoms with Crippen molar-refractivity contribution < 1.29 is 4.74 Å². The number of piperidine rings is 1. The number of nitrogens with one attached hydrogen (secondary N) is 1. The van der Waals surface area contributed by atoms with Gasteiger partial charge in [-0.05, 0) is 57.2 Å². The van der Waals surface area contributed by atoms with Gasteiger partial charge in [0.05, 0.1) is 0 Å². The molecule has 0 aromatic carbocycles. The van der Waals surface area contributed by atoms with E-state index in [1.807, 2.05) is 7.11 Å². The van der Waals surface area contributed by atoms with Crippen LogP contribution in [-0.2, 0) is 4.74 Å². The molecule has 0 aromatic heterocycles. The molecule has 1 atom stereocenters. The van der Waals surface area contributed by atoms with Gasteiger partial charge in [0.2, 0.25) is 0 Å². The summed E-state index contributed by atoms with van der Waals surface area (Å²) in [5.41, 5.74) is 0.337. The van der Waals surface area contributed by atoms with Crippen molar-refractivity contribution in [3.05, 3.63) is 0 Å². The van der Waals surface area contributed by atoms with E-state index in [-0.39, 0.29) is 0 Å². The van der Waals surface area contributed by atoms with Crippen molar-refractivity contribution in [1.82, 2.24) is 10.2 Å². The molecule has 0 bridgehead atoms. The molecule has 1 N–H and O–H groups in total. The Morgan fingerprint density at radius 3 is 2.47 bits per heavy atom. The molecule has 0 saturated carbocycles. The topological polar surface area (TPSA) is 24.5 Å². The second kappa shape index (κ2) is 8.23. The standard InChI is InChI=1S/C16H34N2O/c1-6-9-17-14(2)16(3,4)13-18-10-7-15(8-11-18)12-19-5/h14-15,17H,6-13H2,1-5H3. The Balaban J connectivity index is 2.33. The summed E-state index contributed by atoms with van der Waals surface area (Å²) in [6.07, 6.45) is 3.80. The minimum Gasteiger partial charge on any atom is -0.384 e. The Morgan fingerprint density at radius 1 is 1.32 bits per heavy atom. The molecule has 1 aliphatic heterocycles. The third-order valence-corrected chi connectivity index (χ3v) is 4.61.